The lowest BCUT2D eigenvalue weighted by molar-refractivity contribution is -0.120. The molecule has 65 heavy (non-hydrogen) atoms. The molecular weight excluding hydrogens is 867 g/mol. The molecule has 3 saturated heterocycles. The number of amides is 3. The number of hydrogen-bond acceptors (Lipinski definition) is 12. The topological polar surface area (TPSA) is 217 Å². The SMILES string of the molecule is CCN(C)S(=O)(=O)Nc1ccc(F)c(Oc2ccc3ncn([C@H]4COC5(CCN([C@@H]6CCC(c7cc8c(cc7F)c(N7CCC(=O)NC7=O)nn8C)C[C@H]6O)CC5)C4)c(=O)c3c2)c1C#N. The number of aryl methyl sites for hydroxylation is 1. The first-order valence-corrected chi connectivity index (χ1v) is 23.0. The monoisotopic (exact) mass is 914 g/mol. The predicted molar refractivity (Wildman–Crippen MR) is 234 cm³/mol. The maximum atomic E-state index is 15.9. The molecule has 3 amide bonds. The van der Waals surface area contributed by atoms with Gasteiger partial charge in [-0.2, -0.15) is 23.1 Å². The van der Waals surface area contributed by atoms with Crippen molar-refractivity contribution in [2.24, 2.45) is 7.05 Å². The van der Waals surface area contributed by atoms with Crippen LogP contribution in [0.25, 0.3) is 21.8 Å². The highest BCUT2D eigenvalue weighted by atomic mass is 32.2. The molecular formula is C44H48F2N10O8S. The number of halogens is 2. The summed E-state index contributed by atoms with van der Waals surface area (Å²) in [5, 5.41) is 28.9. The highest BCUT2D eigenvalue weighted by Crippen LogP contribution is 2.44. The minimum absolute atomic E-state index is 0.0385. The average Bonchev–Trinajstić information content (AvgIpc) is 3.84. The summed E-state index contributed by atoms with van der Waals surface area (Å²) >= 11 is 0. The summed E-state index contributed by atoms with van der Waals surface area (Å²) < 4.78 is 75.1. The van der Waals surface area contributed by atoms with Crippen molar-refractivity contribution in [1.29, 1.82) is 5.26 Å². The highest BCUT2D eigenvalue weighted by molar-refractivity contribution is 7.90. The Balaban J connectivity index is 0.846. The number of nitrogens with zero attached hydrogens (tertiary/aromatic N) is 8. The zero-order valence-corrected chi connectivity index (χ0v) is 36.8. The van der Waals surface area contributed by atoms with E-state index in [1.54, 1.807) is 30.8 Å². The number of ether oxygens (including phenoxy) is 2. The van der Waals surface area contributed by atoms with E-state index in [0.717, 1.165) is 16.4 Å². The summed E-state index contributed by atoms with van der Waals surface area (Å²) in [7, 11) is -0.959. The van der Waals surface area contributed by atoms with Crippen LogP contribution in [-0.4, -0.2) is 112 Å². The van der Waals surface area contributed by atoms with E-state index < -0.39 is 45.3 Å². The number of aliphatic hydroxyl groups is 1. The third-order valence-corrected chi connectivity index (χ3v) is 15.1. The molecule has 1 unspecified atom stereocenters. The van der Waals surface area contributed by atoms with Gasteiger partial charge in [0.25, 0.3) is 5.56 Å². The van der Waals surface area contributed by atoms with Crippen molar-refractivity contribution in [2.45, 2.75) is 81.6 Å². The van der Waals surface area contributed by atoms with Crippen LogP contribution in [0.2, 0.25) is 0 Å². The number of urea groups is 1. The Labute approximate surface area is 372 Å². The number of anilines is 2. The summed E-state index contributed by atoms with van der Waals surface area (Å²) in [6.45, 7) is 3.54. The summed E-state index contributed by atoms with van der Waals surface area (Å²) in [6, 6.07) is 10.5. The molecule has 1 saturated carbocycles. The van der Waals surface area contributed by atoms with E-state index in [1.165, 1.54) is 41.0 Å². The number of imide groups is 1. The van der Waals surface area contributed by atoms with Crippen molar-refractivity contribution in [3.05, 3.63) is 81.9 Å². The number of likely N-dealkylation sites (tertiary alicyclic amines) is 1. The molecule has 4 atom stereocenters. The number of benzene rings is 3. The van der Waals surface area contributed by atoms with Gasteiger partial charge in [-0.25, -0.2) is 18.6 Å². The van der Waals surface area contributed by atoms with Crippen molar-refractivity contribution in [1.82, 2.24) is 33.9 Å². The number of aromatic nitrogens is 4. The molecule has 3 N–H and O–H groups in total. The summed E-state index contributed by atoms with van der Waals surface area (Å²) in [6.07, 6.45) is 4.52. The van der Waals surface area contributed by atoms with Crippen LogP contribution in [0.1, 0.15) is 75.0 Å². The number of aliphatic hydroxyl groups excluding tert-OH is 1. The molecule has 21 heteroatoms. The minimum Gasteiger partial charge on any atom is -0.453 e. The lowest BCUT2D eigenvalue weighted by Gasteiger charge is -2.46. The van der Waals surface area contributed by atoms with Gasteiger partial charge in [0, 0.05) is 58.1 Å². The Kier molecular flexibility index (Phi) is 11.6. The normalized spacial score (nSPS) is 22.8. The summed E-state index contributed by atoms with van der Waals surface area (Å²) in [5.74, 6) is -2.13. The predicted octanol–water partition coefficient (Wildman–Crippen LogP) is 4.77. The van der Waals surface area contributed by atoms with Gasteiger partial charge in [0.15, 0.2) is 17.4 Å². The molecule has 342 valence electrons. The van der Waals surface area contributed by atoms with Gasteiger partial charge in [-0.3, -0.25) is 38.7 Å². The van der Waals surface area contributed by atoms with Crippen LogP contribution < -0.4 is 25.2 Å². The summed E-state index contributed by atoms with van der Waals surface area (Å²) in [5.41, 5.74) is 0.109. The molecule has 4 aliphatic rings. The van der Waals surface area contributed by atoms with Gasteiger partial charge in [0.2, 0.25) is 5.91 Å². The molecule has 5 aromatic rings. The molecule has 3 aromatic carbocycles. The first-order chi connectivity index (χ1) is 31.1. The minimum atomic E-state index is -4.04. The molecule has 4 fully saturated rings. The van der Waals surface area contributed by atoms with Crippen LogP contribution in [-0.2, 0) is 26.8 Å². The van der Waals surface area contributed by atoms with Gasteiger partial charge in [-0.15, -0.1) is 0 Å². The molecule has 0 radical (unpaired) electrons. The standard InChI is InChI=1S/C44H48F2N10O8S/c1-4-52(2)65(61,62)51-35-9-7-32(45)40(31(35)22-47)64-27-6-8-34-29(18-27)42(59)56(24-48-34)26-21-44(63-23-26)12-15-54(16-13-44)36-10-5-25(17-38(36)57)28-20-37-30(19-33(28)46)41(50-53(37)3)55-14-11-39(58)49-43(55)60/h6-9,18-20,24-26,36,38,51,57H,4-5,10-17,21,23H2,1-3H3,(H,49,58,60)/t25?,26-,36-,38-/m1/s1. The number of fused-ring (bicyclic) bond motifs is 2. The first-order valence-electron chi connectivity index (χ1n) is 21.6. The van der Waals surface area contributed by atoms with E-state index in [1.807, 2.05) is 6.07 Å². The Hall–Kier alpha value is -6.05. The van der Waals surface area contributed by atoms with E-state index in [-0.39, 0.29) is 83.8 Å². The number of nitrogens with one attached hydrogen (secondary N) is 2. The molecule has 0 bridgehead atoms. The van der Waals surface area contributed by atoms with Crippen LogP contribution in [0.4, 0.5) is 25.1 Å². The second-order valence-corrected chi connectivity index (χ2v) is 19.1. The van der Waals surface area contributed by atoms with Gasteiger partial charge < -0.3 is 14.6 Å². The van der Waals surface area contributed by atoms with Crippen LogP contribution >= 0.6 is 0 Å². The zero-order chi connectivity index (χ0) is 45.9. The Bertz CT molecular complexity index is 2950. The number of piperidine rings is 1. The molecule has 1 spiro atoms. The number of carbonyl (C=O) groups is 2. The third-order valence-electron chi connectivity index (χ3n) is 13.5. The fourth-order valence-corrected chi connectivity index (χ4v) is 10.7. The van der Waals surface area contributed by atoms with Crippen molar-refractivity contribution in [3.63, 3.8) is 0 Å². The quantitative estimate of drug-likeness (QED) is 0.173. The number of nitriles is 1. The van der Waals surface area contributed by atoms with E-state index in [9.17, 15) is 33.2 Å². The van der Waals surface area contributed by atoms with Crippen molar-refractivity contribution in [3.8, 4) is 17.6 Å². The lowest BCUT2D eigenvalue weighted by Crippen LogP contribution is -2.53. The van der Waals surface area contributed by atoms with Gasteiger partial charge in [-0.05, 0) is 92.5 Å². The molecule has 18 nitrogen and oxygen atoms in total. The largest absolute Gasteiger partial charge is 0.453 e. The number of rotatable bonds is 10. The second-order valence-electron chi connectivity index (χ2n) is 17.3. The Morgan fingerprint density at radius 2 is 1.86 bits per heavy atom. The van der Waals surface area contributed by atoms with Crippen LogP contribution in [0.5, 0.6) is 11.5 Å². The van der Waals surface area contributed by atoms with Gasteiger partial charge >= 0.3 is 16.2 Å². The van der Waals surface area contributed by atoms with E-state index in [0.29, 0.717) is 73.6 Å². The molecule has 2 aromatic heterocycles. The Morgan fingerprint density at radius 1 is 1.08 bits per heavy atom. The van der Waals surface area contributed by atoms with Gasteiger partial charge in [-0.1, -0.05) is 6.92 Å². The van der Waals surface area contributed by atoms with Crippen molar-refractivity contribution in [2.75, 3.05) is 49.5 Å². The first kappa shape index (κ1) is 44.2. The highest BCUT2D eigenvalue weighted by Gasteiger charge is 2.46. The van der Waals surface area contributed by atoms with Crippen LogP contribution in [0.3, 0.4) is 0 Å². The Morgan fingerprint density at radius 3 is 2.58 bits per heavy atom. The molecule has 3 aliphatic heterocycles. The van der Waals surface area contributed by atoms with E-state index in [4.69, 9.17) is 9.47 Å². The molecule has 5 heterocycles. The smallest absolute Gasteiger partial charge is 0.329 e. The zero-order valence-electron chi connectivity index (χ0n) is 36.0. The van der Waals surface area contributed by atoms with E-state index >= 15 is 8.78 Å². The fraction of sp³-hybridized carbons (Fsp3) is 0.455. The third kappa shape index (κ3) is 8.18. The maximum Gasteiger partial charge on any atom is 0.329 e. The fourth-order valence-electron chi connectivity index (χ4n) is 9.80. The maximum absolute atomic E-state index is 15.9. The van der Waals surface area contributed by atoms with Crippen molar-refractivity contribution >= 4 is 55.5 Å². The average molecular weight is 915 g/mol. The van der Waals surface area contributed by atoms with E-state index in [2.05, 4.69) is 25.0 Å². The lowest BCUT2D eigenvalue weighted by atomic mass is 9.78. The van der Waals surface area contributed by atoms with Gasteiger partial charge in [0.05, 0.1) is 52.8 Å². The van der Waals surface area contributed by atoms with Gasteiger partial charge in [0.1, 0.15) is 23.2 Å². The second kappa shape index (κ2) is 17.1. The van der Waals surface area contributed by atoms with Crippen LogP contribution in [0.15, 0.2) is 53.6 Å². The number of hydrogen-bond donors (Lipinski definition) is 3. The molecule has 1 aliphatic carbocycles. The number of carbonyl (C=O) groups excluding carboxylic acids is 2. The summed E-state index contributed by atoms with van der Waals surface area (Å²) in [4.78, 5) is 46.4. The van der Waals surface area contributed by atoms with Crippen molar-refractivity contribution < 1.29 is 41.4 Å². The van der Waals surface area contributed by atoms with Crippen LogP contribution in [0, 0.1) is 23.0 Å². The molecule has 9 rings (SSSR count).